The van der Waals surface area contributed by atoms with Crippen LogP contribution < -0.4 is 5.32 Å². The summed E-state index contributed by atoms with van der Waals surface area (Å²) in [5.74, 6) is -0.654. The first-order chi connectivity index (χ1) is 14.9. The normalized spacial score (nSPS) is 11.9. The van der Waals surface area contributed by atoms with Crippen LogP contribution in [0.15, 0.2) is 54.6 Å². The number of carbonyl (C=O) groups is 2. The van der Waals surface area contributed by atoms with E-state index in [1.807, 2.05) is 44.2 Å². The van der Waals surface area contributed by atoms with E-state index in [0.717, 1.165) is 11.1 Å². The van der Waals surface area contributed by atoms with E-state index in [1.54, 1.807) is 24.0 Å². The molecule has 0 unspecified atom stereocenters. The van der Waals surface area contributed by atoms with Crippen LogP contribution in [0.2, 0.25) is 0 Å². The number of ether oxygens (including phenoxy) is 1. The molecule has 2 aromatic carbocycles. The zero-order chi connectivity index (χ0) is 22.6. The van der Waals surface area contributed by atoms with Crippen molar-refractivity contribution in [2.75, 3.05) is 13.2 Å². The molecule has 168 valence electrons. The highest BCUT2D eigenvalue weighted by molar-refractivity contribution is 5.87. The van der Waals surface area contributed by atoms with Crippen LogP contribution in [0.5, 0.6) is 0 Å². The molecule has 0 saturated heterocycles. The first-order valence-electron chi connectivity index (χ1n) is 10.8. The predicted octanol–water partition coefficient (Wildman–Crippen LogP) is 4.11. The Morgan fingerprint density at radius 1 is 1.00 bits per heavy atom. The van der Waals surface area contributed by atoms with Crippen molar-refractivity contribution in [1.29, 1.82) is 0 Å². The Morgan fingerprint density at radius 2 is 1.68 bits per heavy atom. The molecule has 2 amide bonds. The monoisotopic (exact) mass is 428 g/mol. The molecule has 0 bridgehead atoms. The minimum Gasteiger partial charge on any atom is -0.379 e. The molecular weight excluding hydrogens is 395 g/mol. The van der Waals surface area contributed by atoms with Crippen molar-refractivity contribution in [3.8, 4) is 0 Å². The molecule has 0 aromatic heterocycles. The number of halogens is 1. The summed E-state index contributed by atoms with van der Waals surface area (Å²) in [5, 5.41) is 2.89. The molecule has 0 radical (unpaired) electrons. The van der Waals surface area contributed by atoms with Gasteiger partial charge in [0, 0.05) is 26.1 Å². The summed E-state index contributed by atoms with van der Waals surface area (Å²) in [6.45, 7) is 6.97. The lowest BCUT2D eigenvalue weighted by atomic mass is 10.1. The Hall–Kier alpha value is -2.73. The van der Waals surface area contributed by atoms with Gasteiger partial charge in [0.15, 0.2) is 0 Å². The lowest BCUT2D eigenvalue weighted by molar-refractivity contribution is -0.140. The first-order valence-corrected chi connectivity index (χ1v) is 10.8. The molecule has 0 fully saturated rings. The SMILES string of the molecule is CC(C)OCCCNC(=O)[C@@H](C)N(Cc1ccc(F)cc1)C(=O)CCc1ccccc1. The molecule has 6 heteroatoms. The van der Waals surface area contributed by atoms with Crippen molar-refractivity contribution in [3.05, 3.63) is 71.5 Å². The summed E-state index contributed by atoms with van der Waals surface area (Å²) in [5.41, 5.74) is 1.85. The highest BCUT2D eigenvalue weighted by Gasteiger charge is 2.25. The van der Waals surface area contributed by atoms with Gasteiger partial charge in [-0.05, 0) is 56.9 Å². The minimum absolute atomic E-state index is 0.112. The Bertz CT molecular complexity index is 809. The fourth-order valence-electron chi connectivity index (χ4n) is 3.16. The van der Waals surface area contributed by atoms with Gasteiger partial charge in [0.05, 0.1) is 6.10 Å². The fourth-order valence-corrected chi connectivity index (χ4v) is 3.16. The number of nitrogens with one attached hydrogen (secondary N) is 1. The minimum atomic E-state index is -0.639. The highest BCUT2D eigenvalue weighted by Crippen LogP contribution is 2.13. The van der Waals surface area contributed by atoms with E-state index >= 15 is 0 Å². The van der Waals surface area contributed by atoms with Crippen LogP contribution in [0.4, 0.5) is 4.39 Å². The van der Waals surface area contributed by atoms with Crippen LogP contribution in [0.3, 0.4) is 0 Å². The van der Waals surface area contributed by atoms with Crippen molar-refractivity contribution in [2.24, 2.45) is 0 Å². The third-order valence-corrected chi connectivity index (χ3v) is 4.98. The topological polar surface area (TPSA) is 58.6 Å². The summed E-state index contributed by atoms with van der Waals surface area (Å²) < 4.78 is 18.8. The van der Waals surface area contributed by atoms with Gasteiger partial charge in [-0.15, -0.1) is 0 Å². The van der Waals surface area contributed by atoms with Crippen LogP contribution in [0, 0.1) is 5.82 Å². The smallest absolute Gasteiger partial charge is 0.242 e. The summed E-state index contributed by atoms with van der Waals surface area (Å²) >= 11 is 0. The molecule has 1 N–H and O–H groups in total. The maximum absolute atomic E-state index is 13.3. The predicted molar refractivity (Wildman–Crippen MR) is 120 cm³/mol. The van der Waals surface area contributed by atoms with Gasteiger partial charge in [-0.25, -0.2) is 4.39 Å². The zero-order valence-electron chi connectivity index (χ0n) is 18.6. The highest BCUT2D eigenvalue weighted by atomic mass is 19.1. The number of nitrogens with zero attached hydrogens (tertiary/aromatic N) is 1. The first kappa shape index (κ1) is 24.5. The van der Waals surface area contributed by atoms with E-state index in [1.165, 1.54) is 12.1 Å². The van der Waals surface area contributed by atoms with E-state index in [4.69, 9.17) is 4.74 Å². The van der Waals surface area contributed by atoms with E-state index in [2.05, 4.69) is 5.32 Å². The largest absolute Gasteiger partial charge is 0.379 e. The number of hydrogen-bond acceptors (Lipinski definition) is 3. The van der Waals surface area contributed by atoms with E-state index in [-0.39, 0.29) is 30.3 Å². The van der Waals surface area contributed by atoms with Crippen molar-refractivity contribution < 1.29 is 18.7 Å². The lowest BCUT2D eigenvalue weighted by Gasteiger charge is -2.29. The van der Waals surface area contributed by atoms with E-state index in [9.17, 15) is 14.0 Å². The van der Waals surface area contributed by atoms with Crippen LogP contribution in [-0.2, 0) is 27.3 Å². The fraction of sp³-hybridized carbons (Fsp3) is 0.440. The van der Waals surface area contributed by atoms with E-state index < -0.39 is 6.04 Å². The Balaban J connectivity index is 2.00. The number of hydrogen-bond donors (Lipinski definition) is 1. The summed E-state index contributed by atoms with van der Waals surface area (Å²) in [4.78, 5) is 27.3. The molecule has 0 spiro atoms. The van der Waals surface area contributed by atoms with Crippen molar-refractivity contribution in [3.63, 3.8) is 0 Å². The molecule has 0 aliphatic rings. The second-order valence-corrected chi connectivity index (χ2v) is 7.87. The second kappa shape index (κ2) is 12.8. The Labute approximate surface area is 184 Å². The molecule has 31 heavy (non-hydrogen) atoms. The molecule has 0 aliphatic carbocycles. The van der Waals surface area contributed by atoms with Crippen LogP contribution in [0.1, 0.15) is 44.7 Å². The van der Waals surface area contributed by atoms with Crippen molar-refractivity contribution in [2.45, 2.75) is 58.7 Å². The van der Waals surface area contributed by atoms with Gasteiger partial charge in [-0.1, -0.05) is 42.5 Å². The van der Waals surface area contributed by atoms with Crippen LogP contribution in [-0.4, -0.2) is 42.0 Å². The molecule has 2 rings (SSSR count). The Morgan fingerprint density at radius 3 is 2.32 bits per heavy atom. The molecular formula is C25H33FN2O3. The average molecular weight is 429 g/mol. The molecule has 5 nitrogen and oxygen atoms in total. The Kier molecular flexibility index (Phi) is 10.2. The maximum atomic E-state index is 13.3. The quantitative estimate of drug-likeness (QED) is 0.518. The van der Waals surface area contributed by atoms with Gasteiger partial charge in [-0.2, -0.15) is 0 Å². The number of carbonyl (C=O) groups excluding carboxylic acids is 2. The lowest BCUT2D eigenvalue weighted by Crippen LogP contribution is -2.48. The number of aryl methyl sites for hydroxylation is 1. The van der Waals surface area contributed by atoms with Crippen molar-refractivity contribution >= 4 is 11.8 Å². The molecule has 0 saturated carbocycles. The summed E-state index contributed by atoms with van der Waals surface area (Å²) in [6, 6.07) is 15.1. The van der Waals surface area contributed by atoms with Crippen LogP contribution >= 0.6 is 0 Å². The third-order valence-electron chi connectivity index (χ3n) is 4.98. The van der Waals surface area contributed by atoms with Gasteiger partial charge in [0.1, 0.15) is 11.9 Å². The number of amides is 2. The molecule has 0 heterocycles. The van der Waals surface area contributed by atoms with Gasteiger partial charge < -0.3 is 15.0 Å². The average Bonchev–Trinajstić information content (AvgIpc) is 2.76. The van der Waals surface area contributed by atoms with Gasteiger partial charge in [0.2, 0.25) is 11.8 Å². The summed E-state index contributed by atoms with van der Waals surface area (Å²) in [7, 11) is 0. The van der Waals surface area contributed by atoms with Crippen LogP contribution in [0.25, 0.3) is 0 Å². The van der Waals surface area contributed by atoms with E-state index in [0.29, 0.717) is 32.4 Å². The standard InChI is InChI=1S/C25H33FN2O3/c1-19(2)31-17-7-16-27-25(30)20(3)28(18-22-10-13-23(26)14-11-22)24(29)15-12-21-8-5-4-6-9-21/h4-6,8-11,13-14,19-20H,7,12,15-18H2,1-3H3,(H,27,30)/t20-/m1/s1. The number of rotatable bonds is 12. The molecule has 0 aliphatic heterocycles. The van der Waals surface area contributed by atoms with Gasteiger partial charge in [-0.3, -0.25) is 9.59 Å². The summed E-state index contributed by atoms with van der Waals surface area (Å²) in [6.07, 6.45) is 1.75. The molecule has 1 atom stereocenters. The van der Waals surface area contributed by atoms with Gasteiger partial charge in [0.25, 0.3) is 0 Å². The maximum Gasteiger partial charge on any atom is 0.242 e. The second-order valence-electron chi connectivity index (χ2n) is 7.87. The zero-order valence-corrected chi connectivity index (χ0v) is 18.6. The van der Waals surface area contributed by atoms with Gasteiger partial charge >= 0.3 is 0 Å². The number of benzene rings is 2. The molecule has 2 aromatic rings. The third kappa shape index (κ3) is 8.89. The van der Waals surface area contributed by atoms with Crippen molar-refractivity contribution in [1.82, 2.24) is 10.2 Å².